The first-order valence-corrected chi connectivity index (χ1v) is 4.62. The van der Waals surface area contributed by atoms with Gasteiger partial charge in [-0.3, -0.25) is 0 Å². The molecule has 0 radical (unpaired) electrons. The highest BCUT2D eigenvalue weighted by Gasteiger charge is 2.30. The molecular formula is C7H8ClN5O2. The van der Waals surface area contributed by atoms with Gasteiger partial charge in [0.15, 0.2) is 0 Å². The van der Waals surface area contributed by atoms with Crippen LogP contribution in [0.3, 0.4) is 0 Å². The maximum absolute atomic E-state index is 10.5. The van der Waals surface area contributed by atoms with Gasteiger partial charge in [0.1, 0.15) is 6.33 Å². The largest absolute Gasteiger partial charge is 0.465 e. The molecule has 15 heavy (non-hydrogen) atoms. The Hall–Kier alpha value is -1.63. The van der Waals surface area contributed by atoms with Gasteiger partial charge in [-0.15, -0.1) is 0 Å². The first-order valence-electron chi connectivity index (χ1n) is 4.24. The second-order valence-corrected chi connectivity index (χ2v) is 3.44. The van der Waals surface area contributed by atoms with Crippen LogP contribution in [0.5, 0.6) is 0 Å². The van der Waals surface area contributed by atoms with Crippen LogP contribution >= 0.6 is 11.6 Å². The Kier molecular flexibility index (Phi) is 2.55. The lowest BCUT2D eigenvalue weighted by Gasteiger charge is -2.37. The van der Waals surface area contributed by atoms with Crippen molar-refractivity contribution in [2.45, 2.75) is 6.04 Å². The number of likely N-dealkylation sites (tertiary alicyclic amines) is 1. The van der Waals surface area contributed by atoms with Gasteiger partial charge in [-0.05, 0) is 11.6 Å². The molecular weight excluding hydrogens is 222 g/mol. The van der Waals surface area contributed by atoms with Crippen molar-refractivity contribution in [3.05, 3.63) is 11.6 Å². The third kappa shape index (κ3) is 2.24. The van der Waals surface area contributed by atoms with E-state index in [4.69, 9.17) is 16.7 Å². The van der Waals surface area contributed by atoms with E-state index in [1.165, 1.54) is 11.2 Å². The molecule has 7 nitrogen and oxygen atoms in total. The zero-order chi connectivity index (χ0) is 10.8. The molecule has 2 rings (SSSR count). The molecule has 1 amide bonds. The Morgan fingerprint density at radius 1 is 1.60 bits per heavy atom. The van der Waals surface area contributed by atoms with Gasteiger partial charge in [0.25, 0.3) is 0 Å². The van der Waals surface area contributed by atoms with Crippen LogP contribution in [-0.2, 0) is 0 Å². The van der Waals surface area contributed by atoms with Crippen molar-refractivity contribution in [3.8, 4) is 0 Å². The Morgan fingerprint density at radius 3 is 2.93 bits per heavy atom. The van der Waals surface area contributed by atoms with Crippen LogP contribution in [0.2, 0.25) is 5.28 Å². The molecule has 0 saturated carbocycles. The van der Waals surface area contributed by atoms with Crippen molar-refractivity contribution in [2.75, 3.05) is 18.4 Å². The summed E-state index contributed by atoms with van der Waals surface area (Å²) in [6.45, 7) is 0.858. The van der Waals surface area contributed by atoms with E-state index in [1.807, 2.05) is 0 Å². The number of rotatable bonds is 2. The number of carboxylic acid groups (broad SMARTS) is 1. The lowest BCUT2D eigenvalue weighted by atomic mass is 10.1. The van der Waals surface area contributed by atoms with Crippen LogP contribution in [0.4, 0.5) is 10.7 Å². The van der Waals surface area contributed by atoms with E-state index in [0.717, 1.165) is 0 Å². The molecule has 1 fully saturated rings. The monoisotopic (exact) mass is 229 g/mol. The summed E-state index contributed by atoms with van der Waals surface area (Å²) in [7, 11) is 0. The maximum atomic E-state index is 10.5. The fourth-order valence-electron chi connectivity index (χ4n) is 1.25. The summed E-state index contributed by atoms with van der Waals surface area (Å²) in [6.07, 6.45) is 0.382. The summed E-state index contributed by atoms with van der Waals surface area (Å²) in [5.41, 5.74) is 0. The third-order valence-electron chi connectivity index (χ3n) is 2.03. The quantitative estimate of drug-likeness (QED) is 0.758. The molecule has 1 saturated heterocycles. The summed E-state index contributed by atoms with van der Waals surface area (Å²) in [6, 6.07) is 0.0413. The van der Waals surface area contributed by atoms with Crippen molar-refractivity contribution in [2.24, 2.45) is 0 Å². The minimum Gasteiger partial charge on any atom is -0.465 e. The van der Waals surface area contributed by atoms with Crippen LogP contribution < -0.4 is 5.32 Å². The minimum absolute atomic E-state index is 0.0413. The first kappa shape index (κ1) is 9.91. The third-order valence-corrected chi connectivity index (χ3v) is 2.21. The summed E-state index contributed by atoms with van der Waals surface area (Å²) in [4.78, 5) is 23.1. The predicted octanol–water partition coefficient (Wildman–Crippen LogP) is 0.299. The highest BCUT2D eigenvalue weighted by molar-refractivity contribution is 6.28. The Labute approximate surface area is 90.1 Å². The van der Waals surface area contributed by atoms with E-state index in [2.05, 4.69) is 20.3 Å². The number of hydrogen-bond donors (Lipinski definition) is 2. The second-order valence-electron chi connectivity index (χ2n) is 3.11. The summed E-state index contributed by atoms with van der Waals surface area (Å²) >= 11 is 5.56. The molecule has 80 valence electrons. The molecule has 1 aromatic rings. The first-order chi connectivity index (χ1) is 7.15. The Bertz CT molecular complexity index is 381. The van der Waals surface area contributed by atoms with Gasteiger partial charge in [0.05, 0.1) is 6.04 Å². The number of anilines is 1. The zero-order valence-electron chi connectivity index (χ0n) is 7.59. The molecule has 8 heteroatoms. The van der Waals surface area contributed by atoms with Gasteiger partial charge in [-0.1, -0.05) is 0 Å². The molecule has 0 spiro atoms. The highest BCUT2D eigenvalue weighted by atomic mass is 35.5. The summed E-state index contributed by atoms with van der Waals surface area (Å²) in [5, 5.41) is 11.7. The number of carbonyl (C=O) groups is 1. The number of halogens is 1. The van der Waals surface area contributed by atoms with E-state index in [9.17, 15) is 4.79 Å². The molecule has 0 unspecified atom stereocenters. The van der Waals surface area contributed by atoms with Crippen molar-refractivity contribution in [3.63, 3.8) is 0 Å². The standard InChI is InChI=1S/C7H8ClN5O2/c8-5-9-3-10-6(12-5)11-4-1-13(2-4)7(14)15/h3-4H,1-2H2,(H,14,15)(H,9,10,11,12). The molecule has 0 bridgehead atoms. The van der Waals surface area contributed by atoms with Crippen molar-refractivity contribution in [1.82, 2.24) is 19.9 Å². The zero-order valence-corrected chi connectivity index (χ0v) is 8.35. The number of aromatic nitrogens is 3. The van der Waals surface area contributed by atoms with Gasteiger partial charge in [0, 0.05) is 13.1 Å². The Balaban J connectivity index is 1.87. The van der Waals surface area contributed by atoms with E-state index in [0.29, 0.717) is 19.0 Å². The maximum Gasteiger partial charge on any atom is 0.407 e. The fourth-order valence-corrected chi connectivity index (χ4v) is 1.38. The van der Waals surface area contributed by atoms with Crippen molar-refractivity contribution < 1.29 is 9.90 Å². The van der Waals surface area contributed by atoms with Gasteiger partial charge in [-0.25, -0.2) is 14.8 Å². The van der Waals surface area contributed by atoms with E-state index in [1.54, 1.807) is 0 Å². The molecule has 1 aliphatic heterocycles. The number of nitrogens with one attached hydrogen (secondary N) is 1. The molecule has 0 atom stereocenters. The van der Waals surface area contributed by atoms with E-state index < -0.39 is 6.09 Å². The van der Waals surface area contributed by atoms with Crippen LogP contribution in [0.15, 0.2) is 6.33 Å². The van der Waals surface area contributed by atoms with Gasteiger partial charge in [-0.2, -0.15) is 4.98 Å². The van der Waals surface area contributed by atoms with Crippen molar-refractivity contribution in [1.29, 1.82) is 0 Å². The molecule has 1 aliphatic rings. The molecule has 0 aromatic carbocycles. The number of amides is 1. The number of hydrogen-bond acceptors (Lipinski definition) is 5. The lowest BCUT2D eigenvalue weighted by Crippen LogP contribution is -2.56. The molecule has 1 aromatic heterocycles. The predicted molar refractivity (Wildman–Crippen MR) is 51.8 cm³/mol. The molecule has 2 N–H and O–H groups in total. The molecule has 2 heterocycles. The van der Waals surface area contributed by atoms with Crippen LogP contribution in [0, 0.1) is 0 Å². The topological polar surface area (TPSA) is 91.2 Å². The molecule has 0 aliphatic carbocycles. The summed E-state index contributed by atoms with van der Waals surface area (Å²) in [5.74, 6) is 0.366. The van der Waals surface area contributed by atoms with Crippen molar-refractivity contribution >= 4 is 23.6 Å². The minimum atomic E-state index is -0.915. The fraction of sp³-hybridized carbons (Fsp3) is 0.429. The van der Waals surface area contributed by atoms with Crippen LogP contribution in [0.1, 0.15) is 0 Å². The average molecular weight is 230 g/mol. The van der Waals surface area contributed by atoms with Gasteiger partial charge < -0.3 is 15.3 Å². The smallest absolute Gasteiger partial charge is 0.407 e. The van der Waals surface area contributed by atoms with Gasteiger partial charge >= 0.3 is 6.09 Å². The summed E-state index contributed by atoms with van der Waals surface area (Å²) < 4.78 is 0. The Morgan fingerprint density at radius 2 is 2.33 bits per heavy atom. The second kappa shape index (κ2) is 3.85. The van der Waals surface area contributed by atoms with E-state index >= 15 is 0 Å². The van der Waals surface area contributed by atoms with Crippen LogP contribution in [-0.4, -0.2) is 50.2 Å². The lowest BCUT2D eigenvalue weighted by molar-refractivity contribution is 0.111. The van der Waals surface area contributed by atoms with Crippen LogP contribution in [0.25, 0.3) is 0 Å². The number of nitrogens with zero attached hydrogens (tertiary/aromatic N) is 4. The van der Waals surface area contributed by atoms with E-state index in [-0.39, 0.29) is 11.3 Å². The normalized spacial score (nSPS) is 15.9. The average Bonchev–Trinajstić information content (AvgIpc) is 2.10. The highest BCUT2D eigenvalue weighted by Crippen LogP contribution is 2.12. The SMILES string of the molecule is O=C(O)N1CC(Nc2ncnc(Cl)n2)C1. The van der Waals surface area contributed by atoms with Gasteiger partial charge in [0.2, 0.25) is 11.2 Å².